The number of amides is 5. The van der Waals surface area contributed by atoms with Crippen LogP contribution in [-0.4, -0.2) is 59.3 Å². The predicted molar refractivity (Wildman–Crippen MR) is 124 cm³/mol. The molecule has 3 N–H and O–H groups in total. The molecule has 0 aromatic heterocycles. The Morgan fingerprint density at radius 1 is 1.03 bits per heavy atom. The molecule has 1 fully saturated rings. The molecule has 9 nitrogen and oxygen atoms in total. The molecule has 2 aromatic rings. The average molecular weight is 472 g/mol. The quantitative estimate of drug-likeness (QED) is 0.485. The molecule has 1 saturated heterocycles. The number of urea groups is 1. The van der Waals surface area contributed by atoms with Gasteiger partial charge in [-0.2, -0.15) is 5.01 Å². The van der Waals surface area contributed by atoms with E-state index in [1.807, 2.05) is 30.3 Å². The molecule has 3 rings (SSSR count). The summed E-state index contributed by atoms with van der Waals surface area (Å²) in [6.07, 6.45) is 0.981. The van der Waals surface area contributed by atoms with Crippen molar-refractivity contribution in [2.45, 2.75) is 25.3 Å². The van der Waals surface area contributed by atoms with E-state index in [1.165, 1.54) is 4.90 Å². The fourth-order valence-corrected chi connectivity index (χ4v) is 3.56. The number of carbonyl (C=O) groups is 4. The highest BCUT2D eigenvalue weighted by Gasteiger charge is 2.48. The van der Waals surface area contributed by atoms with Crippen LogP contribution < -0.4 is 16.1 Å². The lowest BCUT2D eigenvalue weighted by atomic mass is 9.93. The molecule has 1 heterocycles. The lowest BCUT2D eigenvalue weighted by molar-refractivity contribution is -0.139. The van der Waals surface area contributed by atoms with Gasteiger partial charge < -0.3 is 10.6 Å². The van der Waals surface area contributed by atoms with Crippen LogP contribution in [0.5, 0.6) is 0 Å². The Morgan fingerprint density at radius 3 is 2.33 bits per heavy atom. The Balaban J connectivity index is 1.48. The zero-order valence-electron chi connectivity index (χ0n) is 18.4. The zero-order chi connectivity index (χ0) is 24.0. The number of hydrogen-bond donors (Lipinski definition) is 3. The molecule has 0 unspecified atom stereocenters. The highest BCUT2D eigenvalue weighted by Crippen LogP contribution is 2.22. The molecule has 0 radical (unpaired) electrons. The molecule has 0 spiro atoms. The molecule has 174 valence electrons. The van der Waals surface area contributed by atoms with Crippen LogP contribution in [0, 0.1) is 0 Å². The van der Waals surface area contributed by atoms with Crippen molar-refractivity contribution >= 4 is 41.0 Å². The molecule has 1 atom stereocenters. The zero-order valence-corrected chi connectivity index (χ0v) is 19.2. The summed E-state index contributed by atoms with van der Waals surface area (Å²) in [5.74, 6) is -1.44. The van der Waals surface area contributed by atoms with Crippen molar-refractivity contribution in [2.75, 3.05) is 25.5 Å². The monoisotopic (exact) mass is 471 g/mol. The number of carbonyl (C=O) groups excluding carboxylic acids is 4. The van der Waals surface area contributed by atoms with Gasteiger partial charge in [0.05, 0.1) is 13.1 Å². The van der Waals surface area contributed by atoms with E-state index < -0.39 is 23.4 Å². The SMILES string of the molecule is CN(CC(=O)Nc1ccc(Cl)cc1)CC(=O)NN1C(=O)N[C@@](C)(CCc2ccccc2)C1=O. The molecule has 0 bridgehead atoms. The summed E-state index contributed by atoms with van der Waals surface area (Å²) in [6, 6.07) is 15.6. The number of anilines is 1. The summed E-state index contributed by atoms with van der Waals surface area (Å²) >= 11 is 5.82. The second-order valence-corrected chi connectivity index (χ2v) is 8.59. The van der Waals surface area contributed by atoms with Gasteiger partial charge in [0.2, 0.25) is 5.91 Å². The lowest BCUT2D eigenvalue weighted by Gasteiger charge is -2.22. The first-order valence-electron chi connectivity index (χ1n) is 10.4. The Morgan fingerprint density at radius 2 is 1.67 bits per heavy atom. The van der Waals surface area contributed by atoms with Gasteiger partial charge in [0, 0.05) is 10.7 Å². The predicted octanol–water partition coefficient (Wildman–Crippen LogP) is 2.18. The topological polar surface area (TPSA) is 111 Å². The minimum Gasteiger partial charge on any atom is -0.325 e. The minimum atomic E-state index is -1.12. The van der Waals surface area contributed by atoms with Gasteiger partial charge in [-0.15, -0.1) is 0 Å². The summed E-state index contributed by atoms with van der Waals surface area (Å²) in [5.41, 5.74) is 2.84. The van der Waals surface area contributed by atoms with Crippen LogP contribution in [0.1, 0.15) is 18.9 Å². The van der Waals surface area contributed by atoms with Gasteiger partial charge in [0.15, 0.2) is 0 Å². The van der Waals surface area contributed by atoms with Gasteiger partial charge in [-0.25, -0.2) is 4.79 Å². The lowest BCUT2D eigenvalue weighted by Crippen LogP contribution is -2.51. The number of benzene rings is 2. The molecular formula is C23H26ClN5O4. The molecule has 10 heteroatoms. The summed E-state index contributed by atoms with van der Waals surface area (Å²) in [6.45, 7) is 1.38. The van der Waals surface area contributed by atoms with Crippen molar-refractivity contribution in [3.05, 3.63) is 65.2 Å². The van der Waals surface area contributed by atoms with Gasteiger partial charge in [0.25, 0.3) is 11.8 Å². The second kappa shape index (κ2) is 10.5. The molecule has 0 aliphatic carbocycles. The van der Waals surface area contributed by atoms with E-state index >= 15 is 0 Å². The van der Waals surface area contributed by atoms with Crippen molar-refractivity contribution in [3.63, 3.8) is 0 Å². The van der Waals surface area contributed by atoms with E-state index in [4.69, 9.17) is 11.6 Å². The van der Waals surface area contributed by atoms with Gasteiger partial charge in [-0.05, 0) is 56.6 Å². The average Bonchev–Trinajstić information content (AvgIpc) is 2.97. The van der Waals surface area contributed by atoms with Crippen LogP contribution >= 0.6 is 11.6 Å². The van der Waals surface area contributed by atoms with Gasteiger partial charge in [-0.3, -0.25) is 24.7 Å². The maximum atomic E-state index is 12.8. The number of hydrogen-bond acceptors (Lipinski definition) is 5. The molecule has 2 aromatic carbocycles. The highest BCUT2D eigenvalue weighted by molar-refractivity contribution is 6.30. The first-order valence-corrected chi connectivity index (χ1v) is 10.8. The number of nitrogens with zero attached hydrogens (tertiary/aromatic N) is 2. The number of aryl methyl sites for hydroxylation is 1. The van der Waals surface area contributed by atoms with E-state index in [-0.39, 0.29) is 19.0 Å². The summed E-state index contributed by atoms with van der Waals surface area (Å²) < 4.78 is 0. The van der Waals surface area contributed by atoms with Crippen LogP contribution in [-0.2, 0) is 20.8 Å². The van der Waals surface area contributed by atoms with E-state index in [2.05, 4.69) is 16.1 Å². The fourth-order valence-electron chi connectivity index (χ4n) is 3.43. The second-order valence-electron chi connectivity index (χ2n) is 8.15. The third-order valence-electron chi connectivity index (χ3n) is 5.21. The molecule has 5 amide bonds. The van der Waals surface area contributed by atoms with Crippen molar-refractivity contribution in [1.82, 2.24) is 20.7 Å². The largest absolute Gasteiger partial charge is 0.344 e. The molecule has 1 aliphatic heterocycles. The van der Waals surface area contributed by atoms with Crippen LogP contribution in [0.4, 0.5) is 10.5 Å². The third-order valence-corrected chi connectivity index (χ3v) is 5.46. The van der Waals surface area contributed by atoms with Crippen LogP contribution in [0.3, 0.4) is 0 Å². The Labute approximate surface area is 197 Å². The molecule has 1 aliphatic rings. The Bertz CT molecular complexity index is 1030. The normalized spacial score (nSPS) is 17.8. The van der Waals surface area contributed by atoms with Gasteiger partial charge in [0.1, 0.15) is 5.54 Å². The van der Waals surface area contributed by atoms with E-state index in [9.17, 15) is 19.2 Å². The first-order chi connectivity index (χ1) is 15.7. The standard InChI is InChI=1S/C23H26ClN5O4/c1-23(13-12-16-6-4-3-5-7-16)21(32)29(22(33)26-23)27-20(31)15-28(2)14-19(30)25-18-10-8-17(24)9-11-18/h3-11H,12-15H2,1-2H3,(H,25,30)(H,26,33)(H,27,31)/t23-/m0/s1. The molecule has 33 heavy (non-hydrogen) atoms. The maximum Gasteiger partial charge on any atom is 0.344 e. The van der Waals surface area contributed by atoms with Crippen molar-refractivity contribution < 1.29 is 19.2 Å². The summed E-state index contributed by atoms with van der Waals surface area (Å²) in [5, 5.41) is 6.61. The van der Waals surface area contributed by atoms with E-state index in [0.29, 0.717) is 28.6 Å². The molecular weight excluding hydrogens is 446 g/mol. The minimum absolute atomic E-state index is 0.0645. The highest BCUT2D eigenvalue weighted by atomic mass is 35.5. The smallest absolute Gasteiger partial charge is 0.325 e. The van der Waals surface area contributed by atoms with Crippen molar-refractivity contribution in [2.24, 2.45) is 0 Å². The number of rotatable bonds is 9. The fraction of sp³-hybridized carbons (Fsp3) is 0.304. The maximum absolute atomic E-state index is 12.8. The van der Waals surface area contributed by atoms with E-state index in [1.54, 1.807) is 38.2 Å². The number of hydrazine groups is 1. The Hall–Kier alpha value is -3.43. The number of likely N-dealkylation sites (N-methyl/N-ethyl adjacent to an activating group) is 1. The van der Waals surface area contributed by atoms with Crippen LogP contribution in [0.25, 0.3) is 0 Å². The Kier molecular flexibility index (Phi) is 7.67. The van der Waals surface area contributed by atoms with Crippen LogP contribution in [0.15, 0.2) is 54.6 Å². The third kappa shape index (κ3) is 6.53. The van der Waals surface area contributed by atoms with Gasteiger partial charge in [-0.1, -0.05) is 41.9 Å². The van der Waals surface area contributed by atoms with Gasteiger partial charge >= 0.3 is 6.03 Å². The number of halogens is 1. The number of imide groups is 1. The van der Waals surface area contributed by atoms with Crippen LogP contribution in [0.2, 0.25) is 5.02 Å². The van der Waals surface area contributed by atoms with Crippen molar-refractivity contribution in [3.8, 4) is 0 Å². The van der Waals surface area contributed by atoms with E-state index in [0.717, 1.165) is 5.56 Å². The first kappa shape index (κ1) is 24.2. The number of nitrogens with one attached hydrogen (secondary N) is 3. The van der Waals surface area contributed by atoms with Crippen molar-refractivity contribution in [1.29, 1.82) is 0 Å². The summed E-state index contributed by atoms with van der Waals surface area (Å²) in [7, 11) is 1.58. The molecule has 0 saturated carbocycles. The summed E-state index contributed by atoms with van der Waals surface area (Å²) in [4.78, 5) is 51.2.